The Labute approximate surface area is 240 Å². The molecule has 3 aromatic carbocycles. The van der Waals surface area contributed by atoms with Crippen molar-refractivity contribution in [2.45, 2.75) is 44.7 Å². The number of rotatable bonds is 12. The first kappa shape index (κ1) is 30.5. The zero-order chi connectivity index (χ0) is 28.6. The molecule has 0 radical (unpaired) electrons. The number of nitrogens with zero attached hydrogens (tertiary/aromatic N) is 2. The Morgan fingerprint density at radius 2 is 1.46 bits per heavy atom. The number of hydrogen-bond acceptors (Lipinski definition) is 4. The molecule has 1 N–H and O–H groups in total. The molecule has 0 saturated heterocycles. The molecule has 0 aliphatic heterocycles. The van der Waals surface area contributed by atoms with E-state index in [4.69, 9.17) is 23.2 Å². The van der Waals surface area contributed by atoms with Gasteiger partial charge in [0.05, 0.1) is 10.6 Å². The Hall–Kier alpha value is -3.07. The molecule has 2 amide bonds. The third-order valence-electron chi connectivity index (χ3n) is 6.01. The fourth-order valence-corrected chi connectivity index (χ4v) is 5.99. The minimum absolute atomic E-state index is 0.00484. The average Bonchev–Trinajstić information content (AvgIpc) is 2.90. The van der Waals surface area contributed by atoms with Gasteiger partial charge in [-0.3, -0.25) is 13.9 Å². The van der Waals surface area contributed by atoms with Crippen LogP contribution in [0.2, 0.25) is 10.0 Å². The third-order valence-corrected chi connectivity index (χ3v) is 8.24. The maximum atomic E-state index is 14.0. The predicted octanol–water partition coefficient (Wildman–Crippen LogP) is 5.77. The van der Waals surface area contributed by atoms with Gasteiger partial charge in [-0.1, -0.05) is 92.5 Å². The highest BCUT2D eigenvalue weighted by atomic mass is 35.5. The van der Waals surface area contributed by atoms with Crippen molar-refractivity contribution in [3.8, 4) is 0 Å². The van der Waals surface area contributed by atoms with Crippen molar-refractivity contribution >= 4 is 50.7 Å². The summed E-state index contributed by atoms with van der Waals surface area (Å²) >= 11 is 12.4. The summed E-state index contributed by atoms with van der Waals surface area (Å²) in [5.74, 6) is -0.608. The van der Waals surface area contributed by atoms with Gasteiger partial charge in [-0.15, -0.1) is 0 Å². The maximum absolute atomic E-state index is 14.0. The monoisotopic (exact) mass is 589 g/mol. The largest absolute Gasteiger partial charge is 0.354 e. The van der Waals surface area contributed by atoms with E-state index in [1.165, 1.54) is 35.2 Å². The van der Waals surface area contributed by atoms with Gasteiger partial charge in [0.15, 0.2) is 0 Å². The van der Waals surface area contributed by atoms with E-state index in [0.29, 0.717) is 13.0 Å². The van der Waals surface area contributed by atoms with Crippen molar-refractivity contribution in [3.05, 3.63) is 94.5 Å². The summed E-state index contributed by atoms with van der Waals surface area (Å²) in [6, 6.07) is 20.6. The van der Waals surface area contributed by atoms with Crippen LogP contribution in [0, 0.1) is 5.92 Å². The number of amides is 2. The number of carbonyl (C=O) groups is 2. The minimum Gasteiger partial charge on any atom is -0.354 e. The number of benzene rings is 3. The van der Waals surface area contributed by atoms with Crippen molar-refractivity contribution in [3.63, 3.8) is 0 Å². The molecular formula is C29H33Cl2N3O4S. The quantitative estimate of drug-likeness (QED) is 0.290. The summed E-state index contributed by atoms with van der Waals surface area (Å²) in [6.07, 6.45) is 0.344. The van der Waals surface area contributed by atoms with E-state index in [1.807, 2.05) is 51.1 Å². The van der Waals surface area contributed by atoms with Crippen LogP contribution < -0.4 is 9.62 Å². The molecule has 0 unspecified atom stereocenters. The highest BCUT2D eigenvalue weighted by molar-refractivity contribution is 7.92. The zero-order valence-corrected chi connectivity index (χ0v) is 24.5. The fourth-order valence-electron chi connectivity index (χ4n) is 4.05. The molecule has 10 heteroatoms. The lowest BCUT2D eigenvalue weighted by atomic mass is 10.1. The molecule has 0 bridgehead atoms. The second-order valence-electron chi connectivity index (χ2n) is 9.52. The average molecular weight is 591 g/mol. The predicted molar refractivity (Wildman–Crippen MR) is 156 cm³/mol. The van der Waals surface area contributed by atoms with Gasteiger partial charge in [0, 0.05) is 23.1 Å². The van der Waals surface area contributed by atoms with E-state index in [9.17, 15) is 18.0 Å². The Morgan fingerprint density at radius 1 is 0.897 bits per heavy atom. The van der Waals surface area contributed by atoms with E-state index in [0.717, 1.165) is 9.87 Å². The summed E-state index contributed by atoms with van der Waals surface area (Å²) in [6.45, 7) is 5.81. The van der Waals surface area contributed by atoms with E-state index in [1.54, 1.807) is 18.2 Å². The topological polar surface area (TPSA) is 86.8 Å². The molecular weight excluding hydrogens is 557 g/mol. The normalized spacial score (nSPS) is 12.2. The second kappa shape index (κ2) is 13.8. The molecule has 0 fully saturated rings. The van der Waals surface area contributed by atoms with E-state index in [-0.39, 0.29) is 39.0 Å². The smallest absolute Gasteiger partial charge is 0.264 e. The number of carbonyl (C=O) groups excluding carboxylic acids is 2. The van der Waals surface area contributed by atoms with Crippen LogP contribution in [0.1, 0.15) is 32.8 Å². The van der Waals surface area contributed by atoms with Crippen LogP contribution in [0.5, 0.6) is 0 Å². The Kier molecular flexibility index (Phi) is 10.8. The molecule has 3 rings (SSSR count). The fraction of sp³-hybridized carbons (Fsp3) is 0.310. The molecule has 0 spiro atoms. The molecule has 3 aromatic rings. The van der Waals surface area contributed by atoms with E-state index < -0.39 is 28.5 Å². The van der Waals surface area contributed by atoms with Crippen LogP contribution in [0.3, 0.4) is 0 Å². The molecule has 208 valence electrons. The van der Waals surface area contributed by atoms with Gasteiger partial charge >= 0.3 is 0 Å². The van der Waals surface area contributed by atoms with E-state index in [2.05, 4.69) is 5.32 Å². The van der Waals surface area contributed by atoms with E-state index >= 15 is 0 Å². The molecule has 0 aliphatic rings. The molecule has 0 aromatic heterocycles. The zero-order valence-electron chi connectivity index (χ0n) is 22.2. The number of sulfonamides is 1. The van der Waals surface area contributed by atoms with Gasteiger partial charge in [-0.2, -0.15) is 0 Å². The molecule has 39 heavy (non-hydrogen) atoms. The van der Waals surface area contributed by atoms with Crippen molar-refractivity contribution in [2.24, 2.45) is 5.92 Å². The molecule has 0 heterocycles. The number of hydrogen-bond donors (Lipinski definition) is 1. The second-order valence-corrected chi connectivity index (χ2v) is 12.3. The number of halogens is 2. The van der Waals surface area contributed by atoms with Crippen LogP contribution in [0.15, 0.2) is 83.8 Å². The summed E-state index contributed by atoms with van der Waals surface area (Å²) in [7, 11) is -4.20. The van der Waals surface area contributed by atoms with Crippen LogP contribution in [0.4, 0.5) is 5.69 Å². The van der Waals surface area contributed by atoms with Crippen molar-refractivity contribution in [1.29, 1.82) is 0 Å². The van der Waals surface area contributed by atoms with Crippen molar-refractivity contribution < 1.29 is 18.0 Å². The summed E-state index contributed by atoms with van der Waals surface area (Å²) in [5, 5.41) is 3.35. The lowest BCUT2D eigenvalue weighted by Crippen LogP contribution is -2.52. The first-order valence-electron chi connectivity index (χ1n) is 12.7. The van der Waals surface area contributed by atoms with Gasteiger partial charge < -0.3 is 10.2 Å². The third kappa shape index (κ3) is 8.21. The Balaban J connectivity index is 2.05. The number of anilines is 1. The van der Waals surface area contributed by atoms with Crippen LogP contribution >= 0.6 is 23.2 Å². The summed E-state index contributed by atoms with van der Waals surface area (Å²) in [5.41, 5.74) is 0.950. The van der Waals surface area contributed by atoms with Crippen LogP contribution in [0.25, 0.3) is 0 Å². The maximum Gasteiger partial charge on any atom is 0.264 e. The molecule has 0 aliphatic carbocycles. The molecule has 0 saturated carbocycles. The Morgan fingerprint density at radius 3 is 2.00 bits per heavy atom. The minimum atomic E-state index is -4.20. The first-order chi connectivity index (χ1) is 18.5. The van der Waals surface area contributed by atoms with Gasteiger partial charge in [0.25, 0.3) is 10.0 Å². The first-order valence-corrected chi connectivity index (χ1v) is 14.9. The van der Waals surface area contributed by atoms with Crippen LogP contribution in [-0.4, -0.2) is 44.3 Å². The summed E-state index contributed by atoms with van der Waals surface area (Å²) < 4.78 is 28.6. The highest BCUT2D eigenvalue weighted by Crippen LogP contribution is 2.30. The van der Waals surface area contributed by atoms with Crippen molar-refractivity contribution in [2.75, 3.05) is 17.4 Å². The molecule has 1 atom stereocenters. The lowest BCUT2D eigenvalue weighted by molar-refractivity contribution is -0.140. The summed E-state index contributed by atoms with van der Waals surface area (Å²) in [4.78, 5) is 28.6. The molecule has 7 nitrogen and oxygen atoms in total. The van der Waals surface area contributed by atoms with Crippen molar-refractivity contribution in [1.82, 2.24) is 10.2 Å². The SMILES string of the molecule is CC[C@H](C(=O)NCC(C)C)N(Cc1ccccc1)C(=O)CN(c1cc(Cl)cc(Cl)c1)S(=O)(=O)c1ccccc1. The van der Waals surface area contributed by atoms with Crippen LogP contribution in [-0.2, 0) is 26.2 Å². The van der Waals surface area contributed by atoms with Gasteiger partial charge in [0.2, 0.25) is 11.8 Å². The van der Waals surface area contributed by atoms with Gasteiger partial charge in [-0.25, -0.2) is 8.42 Å². The standard InChI is InChI=1S/C29H33Cl2N3O4S/c1-4-27(29(36)32-18-21(2)3)33(19-22-11-7-5-8-12-22)28(35)20-34(25-16-23(30)15-24(31)17-25)39(37,38)26-13-9-6-10-14-26/h5-17,21,27H,4,18-20H2,1-3H3,(H,32,36)/t27-/m1/s1. The Bertz CT molecular complexity index is 1350. The van der Waals surface area contributed by atoms with Gasteiger partial charge in [-0.05, 0) is 48.2 Å². The lowest BCUT2D eigenvalue weighted by Gasteiger charge is -2.33. The van der Waals surface area contributed by atoms with Gasteiger partial charge in [0.1, 0.15) is 12.6 Å². The highest BCUT2D eigenvalue weighted by Gasteiger charge is 2.33. The number of nitrogens with one attached hydrogen (secondary N) is 1.